The minimum atomic E-state index is -0.631. The van der Waals surface area contributed by atoms with Gasteiger partial charge in [0.1, 0.15) is 12.1 Å². The van der Waals surface area contributed by atoms with Crippen LogP contribution in [0.5, 0.6) is 0 Å². The van der Waals surface area contributed by atoms with Crippen molar-refractivity contribution in [2.24, 2.45) is 0 Å². The molecule has 0 spiro atoms. The van der Waals surface area contributed by atoms with E-state index < -0.39 is 12.1 Å². The van der Waals surface area contributed by atoms with Crippen LogP contribution in [-0.4, -0.2) is 33.8 Å². The summed E-state index contributed by atoms with van der Waals surface area (Å²) >= 11 is 0. The normalized spacial score (nSPS) is 17.9. The summed E-state index contributed by atoms with van der Waals surface area (Å²) in [6.07, 6.45) is 0.433. The average molecular weight is 555 g/mol. The Morgan fingerprint density at radius 1 is 0.857 bits per heavy atom. The van der Waals surface area contributed by atoms with Gasteiger partial charge in [-0.05, 0) is 60.9 Å². The third-order valence-corrected chi connectivity index (χ3v) is 8.40. The van der Waals surface area contributed by atoms with E-state index in [1.54, 1.807) is 29.2 Å². The number of nitrogens with zero attached hydrogens (tertiary/aromatic N) is 2. The fourth-order valence-corrected chi connectivity index (χ4v) is 6.16. The Hall–Kier alpha value is -5.17. The van der Waals surface area contributed by atoms with Crippen molar-refractivity contribution >= 4 is 34.4 Å². The SMILES string of the molecule is Cc1ccc(CNC(=O)c2ccc(N3C(=O)[C@@H]4Cc5c([nH]c6ccccc56)[C@@H](c5ccc(C)cc5)N4C3=O)cc2)cc1. The van der Waals surface area contributed by atoms with Crippen LogP contribution in [0.1, 0.15) is 49.9 Å². The zero-order valence-electron chi connectivity index (χ0n) is 23.4. The number of nitrogens with one attached hydrogen (secondary N) is 2. The third-order valence-electron chi connectivity index (χ3n) is 8.40. The van der Waals surface area contributed by atoms with Crippen LogP contribution in [-0.2, 0) is 17.8 Å². The lowest BCUT2D eigenvalue weighted by Gasteiger charge is -2.36. The number of benzene rings is 4. The number of aromatic nitrogens is 1. The van der Waals surface area contributed by atoms with Crippen molar-refractivity contribution in [3.8, 4) is 0 Å². The molecule has 2 aliphatic heterocycles. The summed E-state index contributed by atoms with van der Waals surface area (Å²) in [6.45, 7) is 4.46. The molecule has 7 rings (SSSR count). The van der Waals surface area contributed by atoms with Crippen molar-refractivity contribution in [1.29, 1.82) is 0 Å². The zero-order chi connectivity index (χ0) is 29.0. The number of hydrogen-bond donors (Lipinski definition) is 2. The number of imide groups is 1. The first-order valence-corrected chi connectivity index (χ1v) is 14.1. The number of urea groups is 1. The molecule has 5 aromatic rings. The highest BCUT2D eigenvalue weighted by molar-refractivity contribution is 6.22. The van der Waals surface area contributed by atoms with E-state index in [1.165, 1.54) is 4.90 Å². The van der Waals surface area contributed by atoms with Crippen molar-refractivity contribution in [2.45, 2.75) is 38.9 Å². The van der Waals surface area contributed by atoms with E-state index in [2.05, 4.69) is 16.4 Å². The predicted octanol–water partition coefficient (Wildman–Crippen LogP) is 6.20. The average Bonchev–Trinajstić information content (AvgIpc) is 3.50. The molecular formula is C35H30N4O3. The zero-order valence-corrected chi connectivity index (χ0v) is 23.4. The molecule has 1 aromatic heterocycles. The van der Waals surface area contributed by atoms with E-state index in [-0.39, 0.29) is 17.8 Å². The largest absolute Gasteiger partial charge is 0.356 e. The number of aryl methyl sites for hydroxylation is 2. The number of para-hydroxylation sites is 1. The molecular weight excluding hydrogens is 524 g/mol. The Morgan fingerprint density at radius 2 is 1.52 bits per heavy atom. The van der Waals surface area contributed by atoms with Crippen molar-refractivity contribution in [3.63, 3.8) is 0 Å². The van der Waals surface area contributed by atoms with Crippen molar-refractivity contribution in [1.82, 2.24) is 15.2 Å². The van der Waals surface area contributed by atoms with E-state index >= 15 is 0 Å². The van der Waals surface area contributed by atoms with Gasteiger partial charge in [-0.25, -0.2) is 9.69 Å². The molecule has 7 nitrogen and oxygen atoms in total. The summed E-state index contributed by atoms with van der Waals surface area (Å²) < 4.78 is 0. The lowest BCUT2D eigenvalue weighted by atomic mass is 9.88. The highest BCUT2D eigenvalue weighted by atomic mass is 16.2. The smallest absolute Gasteiger partial charge is 0.332 e. The van der Waals surface area contributed by atoms with Gasteiger partial charge in [0, 0.05) is 35.1 Å². The van der Waals surface area contributed by atoms with Gasteiger partial charge in [-0.2, -0.15) is 0 Å². The van der Waals surface area contributed by atoms with E-state index in [1.807, 2.05) is 80.6 Å². The molecule has 1 saturated heterocycles. The molecule has 208 valence electrons. The highest BCUT2D eigenvalue weighted by Crippen LogP contribution is 2.44. The van der Waals surface area contributed by atoms with Crippen LogP contribution < -0.4 is 10.2 Å². The summed E-state index contributed by atoms with van der Waals surface area (Å²) in [7, 11) is 0. The third kappa shape index (κ3) is 4.25. The Bertz CT molecular complexity index is 1840. The molecule has 4 amide bonds. The fraction of sp³-hybridized carbons (Fsp3) is 0.171. The number of H-pyrrole nitrogens is 1. The van der Waals surface area contributed by atoms with E-state index in [4.69, 9.17) is 0 Å². The quantitative estimate of drug-likeness (QED) is 0.254. The number of amides is 4. The molecule has 0 bridgehead atoms. The first-order chi connectivity index (χ1) is 20.4. The van der Waals surface area contributed by atoms with Crippen LogP contribution in [0.25, 0.3) is 10.9 Å². The van der Waals surface area contributed by atoms with Crippen molar-refractivity contribution in [3.05, 3.63) is 136 Å². The van der Waals surface area contributed by atoms with Gasteiger partial charge in [-0.3, -0.25) is 14.5 Å². The Kier molecular flexibility index (Phi) is 6.16. The number of fused-ring (bicyclic) bond motifs is 4. The molecule has 2 aliphatic rings. The lowest BCUT2D eigenvalue weighted by Crippen LogP contribution is -2.44. The summed E-state index contributed by atoms with van der Waals surface area (Å²) in [5, 5.41) is 4.01. The summed E-state index contributed by atoms with van der Waals surface area (Å²) in [5.74, 6) is -0.479. The maximum absolute atomic E-state index is 14.1. The molecule has 3 heterocycles. The molecule has 0 radical (unpaired) electrons. The fourth-order valence-electron chi connectivity index (χ4n) is 6.16. The van der Waals surface area contributed by atoms with Gasteiger partial charge in [-0.1, -0.05) is 77.9 Å². The van der Waals surface area contributed by atoms with Gasteiger partial charge in [0.25, 0.3) is 11.8 Å². The Morgan fingerprint density at radius 3 is 2.24 bits per heavy atom. The van der Waals surface area contributed by atoms with Gasteiger partial charge in [0.2, 0.25) is 0 Å². The van der Waals surface area contributed by atoms with Crippen LogP contribution in [0.2, 0.25) is 0 Å². The monoisotopic (exact) mass is 554 g/mol. The number of carbonyl (C=O) groups excluding carboxylic acids is 3. The molecule has 0 saturated carbocycles. The molecule has 42 heavy (non-hydrogen) atoms. The summed E-state index contributed by atoms with van der Waals surface area (Å²) in [5.41, 5.74) is 8.16. The molecule has 2 N–H and O–H groups in total. The van der Waals surface area contributed by atoms with Crippen molar-refractivity contribution < 1.29 is 14.4 Å². The second-order valence-electron chi connectivity index (χ2n) is 11.2. The predicted molar refractivity (Wildman–Crippen MR) is 162 cm³/mol. The molecule has 4 aromatic carbocycles. The molecule has 0 aliphatic carbocycles. The molecule has 2 atom stereocenters. The van der Waals surface area contributed by atoms with E-state index in [0.717, 1.165) is 44.4 Å². The highest BCUT2D eigenvalue weighted by Gasteiger charge is 2.53. The molecule has 0 unspecified atom stereocenters. The number of carbonyl (C=O) groups is 3. The van der Waals surface area contributed by atoms with Gasteiger partial charge in [0.15, 0.2) is 0 Å². The van der Waals surface area contributed by atoms with Crippen LogP contribution in [0.4, 0.5) is 10.5 Å². The minimum absolute atomic E-state index is 0.219. The second-order valence-corrected chi connectivity index (χ2v) is 11.2. The first kappa shape index (κ1) is 25.8. The maximum Gasteiger partial charge on any atom is 0.332 e. The van der Waals surface area contributed by atoms with Gasteiger partial charge >= 0.3 is 6.03 Å². The van der Waals surface area contributed by atoms with Crippen LogP contribution in [0, 0.1) is 13.8 Å². The maximum atomic E-state index is 14.1. The number of aromatic amines is 1. The van der Waals surface area contributed by atoms with Gasteiger partial charge in [0.05, 0.1) is 5.69 Å². The first-order valence-electron chi connectivity index (χ1n) is 14.1. The minimum Gasteiger partial charge on any atom is -0.356 e. The number of anilines is 1. The molecule has 1 fully saturated rings. The Balaban J connectivity index is 1.19. The standard InChI is InChI=1S/C35H30N4O3/c1-21-7-11-23(12-8-21)20-36-33(40)25-15-17-26(18-16-25)38-34(41)30-19-28-27-5-3-4-6-29(27)37-31(28)32(39(30)35(38)42)24-13-9-22(2)10-14-24/h3-18,30,32,37H,19-20H2,1-2H3,(H,36,40)/t30-,32+/m0/s1. The summed E-state index contributed by atoms with van der Waals surface area (Å²) in [6, 6.07) is 29.4. The molecule has 7 heteroatoms. The number of hydrogen-bond acceptors (Lipinski definition) is 3. The lowest BCUT2D eigenvalue weighted by molar-refractivity contribution is -0.120. The second kappa shape index (κ2) is 10.0. The van der Waals surface area contributed by atoms with Crippen LogP contribution >= 0.6 is 0 Å². The van der Waals surface area contributed by atoms with Crippen LogP contribution in [0.15, 0.2) is 97.1 Å². The summed E-state index contributed by atoms with van der Waals surface area (Å²) in [4.78, 5) is 47.3. The van der Waals surface area contributed by atoms with E-state index in [0.29, 0.717) is 24.2 Å². The number of rotatable bonds is 5. The van der Waals surface area contributed by atoms with E-state index in [9.17, 15) is 14.4 Å². The van der Waals surface area contributed by atoms with Crippen LogP contribution in [0.3, 0.4) is 0 Å². The topological polar surface area (TPSA) is 85.5 Å². The van der Waals surface area contributed by atoms with Crippen molar-refractivity contribution in [2.75, 3.05) is 4.90 Å². The Labute approximate surface area is 243 Å². The van der Waals surface area contributed by atoms with Gasteiger partial charge in [-0.15, -0.1) is 0 Å². The van der Waals surface area contributed by atoms with Gasteiger partial charge < -0.3 is 10.3 Å².